The molecule has 0 fully saturated rings. The predicted molar refractivity (Wildman–Crippen MR) is 149 cm³/mol. The standard InChI is InChI=1S/C31H34O7/c1-14(2)8-10-17-26(34)25-27(35)20-12-19(16(5)6)23-24(21(32)13-22(33)28(23)36)31(20)38-30(25)18(29(17)37-7)11-9-15(3)4/h8-9,13,19,32-34,36H,5,10-12H2,1-4,6-7H3. The Kier molecular flexibility index (Phi) is 7.06. The summed E-state index contributed by atoms with van der Waals surface area (Å²) in [6.45, 7) is 13.6. The fourth-order valence-corrected chi connectivity index (χ4v) is 5.13. The smallest absolute Gasteiger partial charge is 0.200 e. The third-order valence-electron chi connectivity index (χ3n) is 7.06. The van der Waals surface area contributed by atoms with Crippen LogP contribution in [-0.4, -0.2) is 27.5 Å². The molecular weight excluding hydrogens is 484 g/mol. The molecule has 4 rings (SSSR count). The molecule has 4 N–H and O–H groups in total. The summed E-state index contributed by atoms with van der Waals surface area (Å²) in [7, 11) is 1.51. The zero-order valence-corrected chi connectivity index (χ0v) is 22.7. The summed E-state index contributed by atoms with van der Waals surface area (Å²) in [5.41, 5.74) is 4.13. The summed E-state index contributed by atoms with van der Waals surface area (Å²) in [4.78, 5) is 14.1. The van der Waals surface area contributed by atoms with Gasteiger partial charge in [-0.1, -0.05) is 35.5 Å². The zero-order chi connectivity index (χ0) is 28.0. The second-order valence-corrected chi connectivity index (χ2v) is 10.4. The lowest BCUT2D eigenvalue weighted by Gasteiger charge is -2.29. The van der Waals surface area contributed by atoms with E-state index in [1.807, 2.05) is 39.8 Å². The van der Waals surface area contributed by atoms with Crippen LogP contribution in [0.4, 0.5) is 0 Å². The predicted octanol–water partition coefficient (Wildman–Crippen LogP) is 6.52. The van der Waals surface area contributed by atoms with E-state index in [2.05, 4.69) is 6.58 Å². The number of hydrogen-bond donors (Lipinski definition) is 4. The third-order valence-corrected chi connectivity index (χ3v) is 7.06. The Morgan fingerprint density at radius 2 is 1.61 bits per heavy atom. The molecule has 1 heterocycles. The van der Waals surface area contributed by atoms with E-state index in [-0.39, 0.29) is 51.3 Å². The van der Waals surface area contributed by atoms with E-state index >= 15 is 0 Å². The van der Waals surface area contributed by atoms with Crippen LogP contribution in [0.25, 0.3) is 22.3 Å². The number of hydrogen-bond acceptors (Lipinski definition) is 7. The van der Waals surface area contributed by atoms with E-state index in [1.165, 1.54) is 7.11 Å². The zero-order valence-electron chi connectivity index (χ0n) is 22.7. The summed E-state index contributed by atoms with van der Waals surface area (Å²) >= 11 is 0. The van der Waals surface area contributed by atoms with E-state index in [0.29, 0.717) is 35.3 Å². The Balaban J connectivity index is 2.21. The first kappa shape index (κ1) is 26.9. The average molecular weight is 519 g/mol. The average Bonchev–Trinajstić information content (AvgIpc) is 2.84. The van der Waals surface area contributed by atoms with E-state index < -0.39 is 22.8 Å². The largest absolute Gasteiger partial charge is 0.507 e. The van der Waals surface area contributed by atoms with Crippen LogP contribution in [0.3, 0.4) is 0 Å². The molecule has 0 aliphatic heterocycles. The van der Waals surface area contributed by atoms with Crippen LogP contribution in [0.1, 0.15) is 62.8 Å². The maximum absolute atomic E-state index is 14.1. The van der Waals surface area contributed by atoms with Gasteiger partial charge in [-0.2, -0.15) is 0 Å². The number of methoxy groups -OCH3 is 1. The molecule has 0 saturated heterocycles. The molecule has 1 aliphatic carbocycles. The summed E-state index contributed by atoms with van der Waals surface area (Å²) in [6, 6.07) is 1.02. The second kappa shape index (κ2) is 9.97. The Hall–Kier alpha value is -4.13. The Bertz CT molecular complexity index is 1590. The van der Waals surface area contributed by atoms with Crippen LogP contribution < -0.4 is 10.2 Å². The molecule has 38 heavy (non-hydrogen) atoms. The van der Waals surface area contributed by atoms with Gasteiger partial charge in [0.15, 0.2) is 16.9 Å². The van der Waals surface area contributed by atoms with Gasteiger partial charge in [-0.3, -0.25) is 4.79 Å². The lowest BCUT2D eigenvalue weighted by Crippen LogP contribution is -2.21. The molecule has 2 aromatic carbocycles. The first-order valence-corrected chi connectivity index (χ1v) is 12.5. The second-order valence-electron chi connectivity index (χ2n) is 10.4. The van der Waals surface area contributed by atoms with Crippen molar-refractivity contribution in [3.05, 3.63) is 74.0 Å². The van der Waals surface area contributed by atoms with Crippen LogP contribution in [0, 0.1) is 0 Å². The van der Waals surface area contributed by atoms with E-state index in [9.17, 15) is 25.2 Å². The molecule has 0 radical (unpaired) electrons. The van der Waals surface area contributed by atoms with Crippen molar-refractivity contribution in [1.82, 2.24) is 0 Å². The molecular formula is C31H34O7. The first-order valence-electron chi connectivity index (χ1n) is 12.5. The Morgan fingerprint density at radius 1 is 1.00 bits per heavy atom. The van der Waals surface area contributed by atoms with Gasteiger partial charge in [0.1, 0.15) is 34.0 Å². The van der Waals surface area contributed by atoms with Gasteiger partial charge < -0.3 is 29.6 Å². The number of rotatable bonds is 6. The van der Waals surface area contributed by atoms with Crippen molar-refractivity contribution in [2.45, 2.75) is 59.8 Å². The Morgan fingerprint density at radius 3 is 2.16 bits per heavy atom. The van der Waals surface area contributed by atoms with Crippen molar-refractivity contribution in [1.29, 1.82) is 0 Å². The molecule has 0 bridgehead atoms. The SMILES string of the molecule is C=C(C)C1Cc2c(oc3c(CC=C(C)C)c(OC)c(CC=C(C)C)c(O)c3c2=O)-c2c(O)cc(O)c(O)c21. The van der Waals surface area contributed by atoms with Crippen molar-refractivity contribution in [2.24, 2.45) is 0 Å². The number of phenolic OH excluding ortho intramolecular Hbond substituents is 4. The van der Waals surface area contributed by atoms with Crippen molar-refractivity contribution in [2.75, 3.05) is 7.11 Å². The number of benzene rings is 2. The van der Waals surface area contributed by atoms with Gasteiger partial charge >= 0.3 is 0 Å². The molecule has 3 aromatic rings. The van der Waals surface area contributed by atoms with Crippen molar-refractivity contribution >= 4 is 11.0 Å². The molecule has 1 aliphatic rings. The number of aromatic hydroxyl groups is 4. The number of fused-ring (bicyclic) bond motifs is 4. The van der Waals surface area contributed by atoms with Crippen LogP contribution in [0.15, 0.2) is 50.7 Å². The van der Waals surface area contributed by atoms with Gasteiger partial charge in [-0.25, -0.2) is 0 Å². The molecule has 7 nitrogen and oxygen atoms in total. The molecule has 1 unspecified atom stereocenters. The van der Waals surface area contributed by atoms with Gasteiger partial charge in [0.25, 0.3) is 0 Å². The fraction of sp³-hybridized carbons (Fsp3) is 0.323. The fourth-order valence-electron chi connectivity index (χ4n) is 5.13. The maximum Gasteiger partial charge on any atom is 0.200 e. The lowest BCUT2D eigenvalue weighted by molar-refractivity contribution is 0.388. The number of ether oxygens (including phenoxy) is 1. The number of allylic oxidation sites excluding steroid dienone is 5. The highest BCUT2D eigenvalue weighted by Crippen LogP contribution is 2.53. The van der Waals surface area contributed by atoms with Crippen LogP contribution >= 0.6 is 0 Å². The summed E-state index contributed by atoms with van der Waals surface area (Å²) in [6.07, 6.45) is 4.78. The first-order chi connectivity index (χ1) is 17.9. The third kappa shape index (κ3) is 4.32. The number of phenols is 4. The minimum atomic E-state index is -0.563. The van der Waals surface area contributed by atoms with E-state index in [0.717, 1.165) is 17.2 Å². The highest BCUT2D eigenvalue weighted by Gasteiger charge is 2.37. The highest BCUT2D eigenvalue weighted by atomic mass is 16.5. The topological polar surface area (TPSA) is 120 Å². The van der Waals surface area contributed by atoms with Gasteiger partial charge in [0.2, 0.25) is 0 Å². The van der Waals surface area contributed by atoms with Gasteiger partial charge in [-0.15, -0.1) is 0 Å². The van der Waals surface area contributed by atoms with Gasteiger partial charge in [0.05, 0.1) is 12.7 Å². The molecule has 1 atom stereocenters. The summed E-state index contributed by atoms with van der Waals surface area (Å²) in [5.74, 6) is -1.49. The molecule has 0 amide bonds. The van der Waals surface area contributed by atoms with Crippen molar-refractivity contribution in [3.63, 3.8) is 0 Å². The van der Waals surface area contributed by atoms with Gasteiger partial charge in [-0.05, 0) is 53.9 Å². The monoisotopic (exact) mass is 518 g/mol. The summed E-state index contributed by atoms with van der Waals surface area (Å²) < 4.78 is 12.2. The normalized spacial score (nSPS) is 14.0. The van der Waals surface area contributed by atoms with Crippen LogP contribution in [-0.2, 0) is 19.3 Å². The molecule has 200 valence electrons. The maximum atomic E-state index is 14.1. The van der Waals surface area contributed by atoms with E-state index in [4.69, 9.17) is 9.15 Å². The van der Waals surface area contributed by atoms with Crippen molar-refractivity contribution < 1.29 is 29.6 Å². The van der Waals surface area contributed by atoms with E-state index in [1.54, 1.807) is 6.92 Å². The Labute approximate surface area is 221 Å². The molecule has 0 spiro atoms. The minimum Gasteiger partial charge on any atom is -0.507 e. The summed E-state index contributed by atoms with van der Waals surface area (Å²) in [5, 5.41) is 43.4. The molecule has 7 heteroatoms. The van der Waals surface area contributed by atoms with Crippen LogP contribution in [0.2, 0.25) is 0 Å². The van der Waals surface area contributed by atoms with Crippen LogP contribution in [0.5, 0.6) is 28.7 Å². The molecule has 1 aromatic heterocycles. The lowest BCUT2D eigenvalue weighted by atomic mass is 9.77. The molecule has 0 saturated carbocycles. The highest BCUT2D eigenvalue weighted by molar-refractivity contribution is 5.94. The quantitative estimate of drug-likeness (QED) is 0.166. The van der Waals surface area contributed by atoms with Gasteiger partial charge in [0, 0.05) is 34.2 Å². The van der Waals surface area contributed by atoms with Crippen molar-refractivity contribution in [3.8, 4) is 40.1 Å². The minimum absolute atomic E-state index is 0.0465.